The van der Waals surface area contributed by atoms with Crippen LogP contribution in [0.15, 0.2) is 53.8 Å². The van der Waals surface area contributed by atoms with Gasteiger partial charge in [0.1, 0.15) is 11.9 Å². The molecule has 1 N–H and O–H groups in total. The molecule has 0 radical (unpaired) electrons. The van der Waals surface area contributed by atoms with Gasteiger partial charge in [-0.15, -0.1) is 0 Å². The van der Waals surface area contributed by atoms with E-state index in [0.29, 0.717) is 35.6 Å². The molecule has 7 nitrogen and oxygen atoms in total. The SMILES string of the molecule is COc1ccc(CCN2C(=O)C3=C(C(=O)C4CCCCC4O3)C2c2cccc(O)c2)cc1OC. The van der Waals surface area contributed by atoms with Crippen molar-refractivity contribution in [3.8, 4) is 17.2 Å². The molecule has 1 saturated carbocycles. The van der Waals surface area contributed by atoms with Crippen molar-refractivity contribution in [1.29, 1.82) is 0 Å². The summed E-state index contributed by atoms with van der Waals surface area (Å²) in [7, 11) is 3.18. The number of hydrogen-bond donors (Lipinski definition) is 1. The smallest absolute Gasteiger partial charge is 0.290 e. The van der Waals surface area contributed by atoms with Gasteiger partial charge < -0.3 is 24.2 Å². The van der Waals surface area contributed by atoms with E-state index in [-0.39, 0.29) is 35.2 Å². The van der Waals surface area contributed by atoms with Gasteiger partial charge in [-0.3, -0.25) is 9.59 Å². The van der Waals surface area contributed by atoms with Crippen molar-refractivity contribution in [2.45, 2.75) is 44.2 Å². The Hall–Kier alpha value is -3.48. The summed E-state index contributed by atoms with van der Waals surface area (Å²) >= 11 is 0. The number of aromatic hydroxyl groups is 1. The molecule has 3 aliphatic rings. The quantitative estimate of drug-likeness (QED) is 0.698. The van der Waals surface area contributed by atoms with Gasteiger partial charge in [0.05, 0.1) is 31.8 Å². The normalized spacial score (nSPS) is 23.9. The van der Waals surface area contributed by atoms with Crippen molar-refractivity contribution in [3.05, 3.63) is 64.9 Å². The van der Waals surface area contributed by atoms with E-state index >= 15 is 0 Å². The van der Waals surface area contributed by atoms with Crippen molar-refractivity contribution < 1.29 is 28.9 Å². The van der Waals surface area contributed by atoms with Crippen LogP contribution in [0.1, 0.15) is 42.9 Å². The number of Topliss-reactive ketones (excluding diaryl/α,β-unsaturated/α-hetero) is 1. The number of methoxy groups -OCH3 is 2. The average Bonchev–Trinajstić information content (AvgIpc) is 3.14. The first kappa shape index (κ1) is 22.3. The number of phenols is 1. The zero-order chi connectivity index (χ0) is 23.8. The van der Waals surface area contributed by atoms with E-state index in [4.69, 9.17) is 14.2 Å². The highest BCUT2D eigenvalue weighted by Crippen LogP contribution is 2.47. The van der Waals surface area contributed by atoms with Crippen LogP contribution < -0.4 is 9.47 Å². The first-order valence-electron chi connectivity index (χ1n) is 11.8. The molecule has 178 valence electrons. The number of rotatable bonds is 6. The van der Waals surface area contributed by atoms with E-state index in [2.05, 4.69) is 0 Å². The number of hydrogen-bond acceptors (Lipinski definition) is 6. The number of benzene rings is 2. The third-order valence-electron chi connectivity index (χ3n) is 7.13. The highest BCUT2D eigenvalue weighted by molar-refractivity contribution is 6.11. The first-order chi connectivity index (χ1) is 16.5. The van der Waals surface area contributed by atoms with Crippen LogP contribution in [0.3, 0.4) is 0 Å². The Balaban J connectivity index is 1.48. The van der Waals surface area contributed by atoms with Crippen molar-refractivity contribution in [1.82, 2.24) is 4.90 Å². The maximum Gasteiger partial charge on any atom is 0.290 e. The Morgan fingerprint density at radius 3 is 2.59 bits per heavy atom. The molecule has 5 rings (SSSR count). The van der Waals surface area contributed by atoms with Crippen molar-refractivity contribution in [2.24, 2.45) is 5.92 Å². The van der Waals surface area contributed by atoms with Crippen molar-refractivity contribution in [2.75, 3.05) is 20.8 Å². The third kappa shape index (κ3) is 3.79. The molecule has 0 saturated heterocycles. The van der Waals surface area contributed by atoms with Gasteiger partial charge in [0.25, 0.3) is 5.91 Å². The molecule has 1 amide bonds. The summed E-state index contributed by atoms with van der Waals surface area (Å²) in [5.41, 5.74) is 2.12. The lowest BCUT2D eigenvalue weighted by Gasteiger charge is -2.35. The topological polar surface area (TPSA) is 85.3 Å². The van der Waals surface area contributed by atoms with E-state index in [1.807, 2.05) is 24.3 Å². The second kappa shape index (κ2) is 9.05. The van der Waals surface area contributed by atoms with Crippen LogP contribution in [0.4, 0.5) is 0 Å². The predicted molar refractivity (Wildman–Crippen MR) is 125 cm³/mol. The summed E-state index contributed by atoms with van der Waals surface area (Å²) in [6.45, 7) is 0.383. The molecule has 34 heavy (non-hydrogen) atoms. The van der Waals surface area contributed by atoms with E-state index in [9.17, 15) is 14.7 Å². The fraction of sp³-hybridized carbons (Fsp3) is 0.407. The summed E-state index contributed by atoms with van der Waals surface area (Å²) < 4.78 is 16.9. The Labute approximate surface area is 198 Å². The number of ether oxygens (including phenoxy) is 3. The standard InChI is InChI=1S/C27H29NO6/c1-32-21-11-10-16(14-22(21)33-2)12-13-28-24(17-6-5-7-18(29)15-17)23-25(30)19-8-3-4-9-20(19)34-26(23)27(28)31/h5-7,10-11,14-15,19-20,24,29H,3-4,8-9,12-13H2,1-2H3. The highest BCUT2D eigenvalue weighted by atomic mass is 16.5. The van der Waals surface area contributed by atoms with Gasteiger partial charge in [0.2, 0.25) is 0 Å². The number of amides is 1. The van der Waals surface area contributed by atoms with Gasteiger partial charge >= 0.3 is 0 Å². The van der Waals surface area contributed by atoms with Gasteiger partial charge in [-0.25, -0.2) is 0 Å². The molecule has 0 spiro atoms. The second-order valence-corrected chi connectivity index (χ2v) is 9.09. The summed E-state index contributed by atoms with van der Waals surface area (Å²) in [5, 5.41) is 10.1. The number of ketones is 1. The third-order valence-corrected chi connectivity index (χ3v) is 7.13. The molecule has 2 heterocycles. The van der Waals surface area contributed by atoms with Crippen LogP contribution in [-0.2, 0) is 20.7 Å². The van der Waals surface area contributed by atoms with Crippen LogP contribution >= 0.6 is 0 Å². The van der Waals surface area contributed by atoms with Gasteiger partial charge in [0.15, 0.2) is 23.0 Å². The summed E-state index contributed by atoms with van der Waals surface area (Å²) in [5.74, 6) is 1.10. The molecule has 2 aromatic rings. The van der Waals surface area contributed by atoms with Crippen molar-refractivity contribution in [3.63, 3.8) is 0 Å². The first-order valence-corrected chi connectivity index (χ1v) is 11.8. The van der Waals surface area contributed by atoms with Crippen LogP contribution in [0.5, 0.6) is 17.2 Å². The van der Waals surface area contributed by atoms with Crippen LogP contribution in [0, 0.1) is 5.92 Å². The van der Waals surface area contributed by atoms with Crippen LogP contribution in [0.2, 0.25) is 0 Å². The highest BCUT2D eigenvalue weighted by Gasteiger charge is 2.51. The minimum absolute atomic E-state index is 0.0151. The molecule has 3 unspecified atom stereocenters. The molecule has 1 aliphatic carbocycles. The molecule has 1 fully saturated rings. The monoisotopic (exact) mass is 463 g/mol. The number of fused-ring (bicyclic) bond motifs is 1. The molecule has 2 aliphatic heterocycles. The van der Waals surface area contributed by atoms with Crippen LogP contribution in [-0.4, -0.2) is 48.6 Å². The fourth-order valence-corrected chi connectivity index (χ4v) is 5.45. The molecular formula is C27H29NO6. The maximum absolute atomic E-state index is 13.6. The van der Waals surface area contributed by atoms with E-state index in [1.54, 1.807) is 37.3 Å². The maximum atomic E-state index is 13.6. The van der Waals surface area contributed by atoms with Crippen LogP contribution in [0.25, 0.3) is 0 Å². The fourth-order valence-electron chi connectivity index (χ4n) is 5.45. The summed E-state index contributed by atoms with van der Waals surface area (Å²) in [6, 6.07) is 11.9. The zero-order valence-electron chi connectivity index (χ0n) is 19.5. The molecule has 2 aromatic carbocycles. The Morgan fingerprint density at radius 2 is 1.82 bits per heavy atom. The lowest BCUT2D eigenvalue weighted by atomic mass is 9.77. The number of carbonyl (C=O) groups excluding carboxylic acids is 2. The lowest BCUT2D eigenvalue weighted by molar-refractivity contribution is -0.135. The number of carbonyl (C=O) groups is 2. The summed E-state index contributed by atoms with van der Waals surface area (Å²) in [6.07, 6.45) is 3.91. The largest absolute Gasteiger partial charge is 0.508 e. The van der Waals surface area contributed by atoms with Gasteiger partial charge in [-0.05, 0) is 61.1 Å². The minimum Gasteiger partial charge on any atom is -0.508 e. The Morgan fingerprint density at radius 1 is 1.03 bits per heavy atom. The van der Waals surface area contributed by atoms with E-state index in [0.717, 1.165) is 31.2 Å². The van der Waals surface area contributed by atoms with Crippen molar-refractivity contribution >= 4 is 11.7 Å². The molecule has 0 bridgehead atoms. The Kier molecular flexibility index (Phi) is 5.94. The molecular weight excluding hydrogens is 434 g/mol. The van der Waals surface area contributed by atoms with Gasteiger partial charge in [-0.1, -0.05) is 24.6 Å². The molecule has 0 aromatic heterocycles. The van der Waals surface area contributed by atoms with Gasteiger partial charge in [0, 0.05) is 6.54 Å². The van der Waals surface area contributed by atoms with E-state index < -0.39 is 6.04 Å². The summed E-state index contributed by atoms with van der Waals surface area (Å²) in [4.78, 5) is 28.9. The number of nitrogens with zero attached hydrogens (tertiary/aromatic N) is 1. The Bertz CT molecular complexity index is 1160. The predicted octanol–water partition coefficient (Wildman–Crippen LogP) is 3.95. The minimum atomic E-state index is -0.579. The average molecular weight is 464 g/mol. The molecule has 7 heteroatoms. The zero-order valence-corrected chi connectivity index (χ0v) is 19.5. The second-order valence-electron chi connectivity index (χ2n) is 9.09. The van der Waals surface area contributed by atoms with E-state index in [1.165, 1.54) is 0 Å². The number of phenolic OH excluding ortho intramolecular Hbond substituents is 1. The lowest BCUT2D eigenvalue weighted by Crippen LogP contribution is -2.39. The van der Waals surface area contributed by atoms with Gasteiger partial charge in [-0.2, -0.15) is 0 Å². The molecule has 3 atom stereocenters.